The second kappa shape index (κ2) is 11.8. The summed E-state index contributed by atoms with van der Waals surface area (Å²) in [5.74, 6) is -2.02. The van der Waals surface area contributed by atoms with Crippen molar-refractivity contribution in [1.29, 1.82) is 0 Å². The first-order valence-corrected chi connectivity index (χ1v) is 15.6. The number of imide groups is 1. The number of rotatable bonds is 7. The van der Waals surface area contributed by atoms with Crippen LogP contribution < -0.4 is 14.5 Å². The Morgan fingerprint density at radius 1 is 0.952 bits per heavy atom. The quantitative estimate of drug-likeness (QED) is 0.318. The average Bonchev–Trinajstić information content (AvgIpc) is 3.50. The maximum Gasteiger partial charge on any atom is 0.338 e. The Hall–Kier alpha value is -3.90. The number of nitrogens with zero attached hydrogens (tertiary/aromatic N) is 2. The summed E-state index contributed by atoms with van der Waals surface area (Å²) in [7, 11) is 0. The summed E-state index contributed by atoms with van der Waals surface area (Å²) in [6, 6.07) is 13.3. The van der Waals surface area contributed by atoms with Crippen molar-refractivity contribution in [2.45, 2.75) is 42.4 Å². The van der Waals surface area contributed by atoms with Crippen LogP contribution in [0.15, 0.2) is 58.4 Å². The van der Waals surface area contributed by atoms with Crippen molar-refractivity contribution < 1.29 is 28.7 Å². The lowest BCUT2D eigenvalue weighted by atomic mass is 9.83. The van der Waals surface area contributed by atoms with Gasteiger partial charge in [-0.1, -0.05) is 35.2 Å². The van der Waals surface area contributed by atoms with Crippen LogP contribution >= 0.6 is 23.1 Å². The zero-order chi connectivity index (χ0) is 29.4. The van der Waals surface area contributed by atoms with Crippen molar-refractivity contribution in [2.75, 3.05) is 31.2 Å². The molecule has 2 fully saturated rings. The molecule has 0 radical (unpaired) electrons. The highest BCUT2D eigenvalue weighted by atomic mass is 32.2. The van der Waals surface area contributed by atoms with Crippen LogP contribution in [-0.4, -0.2) is 65.1 Å². The smallest absolute Gasteiger partial charge is 0.338 e. The first-order valence-electron chi connectivity index (χ1n) is 13.9. The van der Waals surface area contributed by atoms with Crippen LogP contribution in [0.4, 0.5) is 5.69 Å². The highest BCUT2D eigenvalue weighted by molar-refractivity contribution is 8.00. The first kappa shape index (κ1) is 28.2. The fraction of sp³-hybridized carbons (Fsp3) is 0.367. The Morgan fingerprint density at radius 2 is 1.67 bits per heavy atom. The number of hydrogen-bond donors (Lipinski definition) is 1. The van der Waals surface area contributed by atoms with Gasteiger partial charge < -0.3 is 19.4 Å². The lowest BCUT2D eigenvalue weighted by molar-refractivity contribution is -0.134. The van der Waals surface area contributed by atoms with Gasteiger partial charge >= 0.3 is 10.8 Å². The molecular weight excluding hydrogens is 578 g/mol. The number of fused-ring (bicyclic) bond motifs is 2. The van der Waals surface area contributed by atoms with Crippen molar-refractivity contribution in [3.8, 4) is 5.75 Å². The van der Waals surface area contributed by atoms with Crippen molar-refractivity contribution in [2.24, 2.45) is 5.92 Å². The summed E-state index contributed by atoms with van der Waals surface area (Å²) < 4.78 is 10.8. The Bertz CT molecular complexity index is 1580. The number of thioether (sulfide) groups is 1. The topological polar surface area (TPSA) is 126 Å². The largest absolute Gasteiger partial charge is 0.484 e. The van der Waals surface area contributed by atoms with E-state index in [1.54, 1.807) is 31.2 Å². The van der Waals surface area contributed by atoms with Gasteiger partial charge in [-0.3, -0.25) is 19.2 Å². The Labute approximate surface area is 250 Å². The van der Waals surface area contributed by atoms with Crippen LogP contribution in [0.5, 0.6) is 5.75 Å². The molecule has 0 spiro atoms. The molecule has 0 aliphatic carbocycles. The third kappa shape index (κ3) is 5.24. The Balaban J connectivity index is 1.25. The van der Waals surface area contributed by atoms with Gasteiger partial charge in [0.1, 0.15) is 11.0 Å². The number of aromatic nitrogens is 1. The number of piperidine rings is 1. The van der Waals surface area contributed by atoms with Gasteiger partial charge in [0, 0.05) is 23.9 Å². The van der Waals surface area contributed by atoms with Gasteiger partial charge in [0.05, 0.1) is 28.8 Å². The molecule has 0 saturated carbocycles. The van der Waals surface area contributed by atoms with Gasteiger partial charge in [-0.2, -0.15) is 0 Å². The van der Waals surface area contributed by atoms with Crippen LogP contribution in [0.1, 0.15) is 52.9 Å². The van der Waals surface area contributed by atoms with E-state index < -0.39 is 23.1 Å². The van der Waals surface area contributed by atoms with Gasteiger partial charge in [-0.05, 0) is 68.1 Å². The third-order valence-corrected chi connectivity index (χ3v) is 10.2. The number of esters is 1. The molecule has 1 aromatic heterocycles. The van der Waals surface area contributed by atoms with Crippen LogP contribution in [-0.2, 0) is 19.1 Å². The van der Waals surface area contributed by atoms with Crippen molar-refractivity contribution in [3.05, 3.63) is 74.2 Å². The van der Waals surface area contributed by atoms with Crippen molar-refractivity contribution in [3.63, 3.8) is 0 Å². The second-order valence-corrected chi connectivity index (χ2v) is 12.5. The highest BCUT2D eigenvalue weighted by Gasteiger charge is 2.56. The van der Waals surface area contributed by atoms with E-state index in [1.165, 1.54) is 28.8 Å². The SMILES string of the molecule is CCOC(=O)c1ccc(N2C(=O)[C@H]3[C@H](c4ccc(OCC(=O)N5CCCCC5)cc4)c4sc(=O)[nH]c4S[C@H]3C2=O)cc1. The van der Waals surface area contributed by atoms with E-state index in [4.69, 9.17) is 9.47 Å². The summed E-state index contributed by atoms with van der Waals surface area (Å²) in [6.45, 7) is 3.41. The molecule has 0 unspecified atom stereocenters. The number of anilines is 1. The standard InChI is InChI=1S/C30H29N3O7S2/c1-2-39-29(37)18-6-10-19(11-7-18)33-27(35)23-22(24-26(31-30(38)42-24)41-25(23)28(33)36)17-8-12-20(13-9-17)40-16-21(34)32-14-4-3-5-15-32/h6-13,22-23,25H,2-5,14-16H2,1H3,(H,31,38)/t22-,23-,25+/m0/s1. The molecule has 3 amide bonds. The predicted molar refractivity (Wildman–Crippen MR) is 157 cm³/mol. The summed E-state index contributed by atoms with van der Waals surface area (Å²) >= 11 is 2.24. The second-order valence-electron chi connectivity index (χ2n) is 10.3. The van der Waals surface area contributed by atoms with Gasteiger partial charge in [-0.15, -0.1) is 0 Å². The maximum atomic E-state index is 13.9. The average molecular weight is 608 g/mol. The van der Waals surface area contributed by atoms with E-state index in [1.807, 2.05) is 17.0 Å². The number of carbonyl (C=O) groups is 4. The molecule has 218 valence electrons. The highest BCUT2D eigenvalue weighted by Crippen LogP contribution is 2.53. The molecule has 6 rings (SSSR count). The number of aromatic amines is 1. The molecule has 3 aromatic rings. The van der Waals surface area contributed by atoms with Gasteiger partial charge in [0.2, 0.25) is 11.8 Å². The maximum absolute atomic E-state index is 13.9. The monoisotopic (exact) mass is 607 g/mol. The van der Waals surface area contributed by atoms with Gasteiger partial charge in [-0.25, -0.2) is 9.69 Å². The number of amides is 3. The van der Waals surface area contributed by atoms with Crippen molar-refractivity contribution in [1.82, 2.24) is 9.88 Å². The molecule has 1 N–H and O–H groups in total. The zero-order valence-corrected chi connectivity index (χ0v) is 24.5. The number of benzene rings is 2. The third-order valence-electron chi connectivity index (χ3n) is 7.77. The lowest BCUT2D eigenvalue weighted by Gasteiger charge is -2.30. The Kier molecular flexibility index (Phi) is 7.91. The van der Waals surface area contributed by atoms with Gasteiger partial charge in [0.25, 0.3) is 5.91 Å². The van der Waals surface area contributed by atoms with Crippen molar-refractivity contribution >= 4 is 52.5 Å². The molecule has 42 heavy (non-hydrogen) atoms. The first-order chi connectivity index (χ1) is 20.4. The van der Waals surface area contributed by atoms with Crippen LogP contribution in [0.25, 0.3) is 0 Å². The number of H-pyrrole nitrogens is 1. The summed E-state index contributed by atoms with van der Waals surface area (Å²) in [5, 5.41) is -0.146. The van der Waals surface area contributed by atoms with E-state index in [0.717, 1.165) is 49.3 Å². The number of likely N-dealkylation sites (tertiary alicyclic amines) is 1. The summed E-state index contributed by atoms with van der Waals surface area (Å²) in [4.78, 5) is 70.8. The predicted octanol–water partition coefficient (Wildman–Crippen LogP) is 3.80. The lowest BCUT2D eigenvalue weighted by Crippen LogP contribution is -2.38. The zero-order valence-electron chi connectivity index (χ0n) is 22.9. The fourth-order valence-corrected chi connectivity index (χ4v) is 8.26. The molecule has 10 nitrogen and oxygen atoms in total. The molecule has 3 aliphatic rings. The number of thiazole rings is 1. The van der Waals surface area contributed by atoms with E-state index in [-0.39, 0.29) is 35.8 Å². The fourth-order valence-electron chi connectivity index (χ4n) is 5.74. The molecule has 4 heterocycles. The van der Waals surface area contributed by atoms with Crippen LogP contribution in [0.3, 0.4) is 0 Å². The number of hydrogen-bond acceptors (Lipinski definition) is 9. The summed E-state index contributed by atoms with van der Waals surface area (Å²) in [5.41, 5.74) is 1.45. The minimum absolute atomic E-state index is 0.0434. The Morgan fingerprint density at radius 3 is 2.36 bits per heavy atom. The molecule has 2 aromatic carbocycles. The molecule has 2 saturated heterocycles. The van der Waals surface area contributed by atoms with E-state index >= 15 is 0 Å². The number of ether oxygens (including phenoxy) is 2. The van der Waals surface area contributed by atoms with E-state index in [2.05, 4.69) is 4.98 Å². The van der Waals surface area contributed by atoms with Gasteiger partial charge in [0.15, 0.2) is 6.61 Å². The van der Waals surface area contributed by atoms with Crippen LogP contribution in [0, 0.1) is 5.92 Å². The molecule has 3 atom stereocenters. The van der Waals surface area contributed by atoms with Crippen LogP contribution in [0.2, 0.25) is 0 Å². The van der Waals surface area contributed by atoms with E-state index in [9.17, 15) is 24.0 Å². The normalized spacial score (nSPS) is 21.6. The molecule has 12 heteroatoms. The molecule has 3 aliphatic heterocycles. The minimum atomic E-state index is -0.737. The minimum Gasteiger partial charge on any atom is -0.484 e. The molecular formula is C30H29N3O7S2. The summed E-state index contributed by atoms with van der Waals surface area (Å²) in [6.07, 6.45) is 3.15. The number of carbonyl (C=O) groups excluding carboxylic acids is 4. The molecule has 0 bridgehead atoms. The van der Waals surface area contributed by atoms with E-state index in [0.29, 0.717) is 26.9 Å². The number of nitrogens with one attached hydrogen (secondary N) is 1.